The average Bonchev–Trinajstić information content (AvgIpc) is 2.63. The largest absolute Gasteiger partial charge is 0.346 e. The summed E-state index contributed by atoms with van der Waals surface area (Å²) in [4.78, 5) is 12.6. The van der Waals surface area contributed by atoms with Gasteiger partial charge in [-0.1, -0.05) is 12.1 Å². The number of hydrogen-bond acceptors (Lipinski definition) is 3. The van der Waals surface area contributed by atoms with E-state index in [-0.39, 0.29) is 11.9 Å². The van der Waals surface area contributed by atoms with Crippen molar-refractivity contribution in [3.63, 3.8) is 0 Å². The summed E-state index contributed by atoms with van der Waals surface area (Å²) in [7, 11) is 0.869. The minimum Gasteiger partial charge on any atom is -0.346 e. The Kier molecular flexibility index (Phi) is 6.52. The zero-order chi connectivity index (χ0) is 21.2. The molecular weight excluding hydrogens is 374 g/mol. The standard InChI is InChI=1S/C21H29N3O3S/c1-14-12-16(3)20(13-15(14)2)17(4)22-21(25)18-8-10-19(11-9-18)24(7)28(26,27)23(5)6/h8-13,17H,1-7H3,(H,22,25)/t17-/m1/s1. The number of rotatable bonds is 6. The molecule has 6 nitrogen and oxygen atoms in total. The molecule has 2 aromatic carbocycles. The van der Waals surface area contributed by atoms with Gasteiger partial charge in [-0.3, -0.25) is 9.10 Å². The lowest BCUT2D eigenvalue weighted by Gasteiger charge is -2.23. The van der Waals surface area contributed by atoms with Crippen LogP contribution in [0.2, 0.25) is 0 Å². The predicted molar refractivity (Wildman–Crippen MR) is 114 cm³/mol. The van der Waals surface area contributed by atoms with E-state index in [0.717, 1.165) is 15.4 Å². The zero-order valence-corrected chi connectivity index (χ0v) is 18.4. The van der Waals surface area contributed by atoms with Crippen LogP contribution in [0.1, 0.15) is 45.6 Å². The number of nitrogens with zero attached hydrogens (tertiary/aromatic N) is 2. The van der Waals surface area contributed by atoms with Crippen LogP contribution in [0.5, 0.6) is 0 Å². The molecule has 1 N–H and O–H groups in total. The zero-order valence-electron chi connectivity index (χ0n) is 17.6. The third-order valence-electron chi connectivity index (χ3n) is 5.00. The Morgan fingerprint density at radius 3 is 2.00 bits per heavy atom. The summed E-state index contributed by atoms with van der Waals surface area (Å²) in [6.45, 7) is 8.13. The minimum absolute atomic E-state index is 0.136. The first-order chi connectivity index (χ1) is 12.9. The molecule has 7 heteroatoms. The number of benzene rings is 2. The summed E-state index contributed by atoms with van der Waals surface area (Å²) in [5.74, 6) is -0.199. The first kappa shape index (κ1) is 21.9. The summed E-state index contributed by atoms with van der Waals surface area (Å²) < 4.78 is 26.7. The van der Waals surface area contributed by atoms with Crippen LogP contribution in [-0.2, 0) is 10.2 Å². The van der Waals surface area contributed by atoms with Gasteiger partial charge in [0.2, 0.25) is 0 Å². The van der Waals surface area contributed by atoms with E-state index in [0.29, 0.717) is 11.3 Å². The molecule has 0 aromatic heterocycles. The van der Waals surface area contributed by atoms with Crippen molar-refractivity contribution in [2.75, 3.05) is 25.4 Å². The molecule has 0 saturated heterocycles. The van der Waals surface area contributed by atoms with Crippen molar-refractivity contribution in [1.82, 2.24) is 9.62 Å². The third-order valence-corrected chi connectivity index (χ3v) is 6.82. The molecule has 2 aromatic rings. The number of carbonyl (C=O) groups is 1. The summed E-state index contributed by atoms with van der Waals surface area (Å²) in [6, 6.07) is 10.6. The Balaban J connectivity index is 2.16. The Labute approximate surface area is 168 Å². The van der Waals surface area contributed by atoms with Crippen molar-refractivity contribution in [2.45, 2.75) is 33.7 Å². The maximum atomic E-state index is 12.6. The smallest absolute Gasteiger partial charge is 0.303 e. The van der Waals surface area contributed by atoms with Crippen LogP contribution < -0.4 is 9.62 Å². The molecule has 0 bridgehead atoms. The number of aryl methyl sites for hydroxylation is 3. The van der Waals surface area contributed by atoms with E-state index < -0.39 is 10.2 Å². The monoisotopic (exact) mass is 403 g/mol. The van der Waals surface area contributed by atoms with E-state index >= 15 is 0 Å². The van der Waals surface area contributed by atoms with Gasteiger partial charge in [0.05, 0.1) is 11.7 Å². The van der Waals surface area contributed by atoms with Gasteiger partial charge >= 0.3 is 10.2 Å². The summed E-state index contributed by atoms with van der Waals surface area (Å²) in [5.41, 5.74) is 5.62. The lowest BCUT2D eigenvalue weighted by atomic mass is 9.96. The minimum atomic E-state index is -3.56. The SMILES string of the molecule is Cc1cc(C)c([C@@H](C)NC(=O)c2ccc(N(C)S(=O)(=O)N(C)C)cc2)cc1C. The second kappa shape index (κ2) is 8.32. The molecule has 0 aliphatic rings. The van der Waals surface area contributed by atoms with Crippen LogP contribution in [0.25, 0.3) is 0 Å². The van der Waals surface area contributed by atoms with Crippen LogP contribution in [0.3, 0.4) is 0 Å². The lowest BCUT2D eigenvalue weighted by molar-refractivity contribution is 0.0940. The summed E-state index contributed by atoms with van der Waals surface area (Å²) in [6.07, 6.45) is 0. The van der Waals surface area contributed by atoms with Gasteiger partial charge in [0.1, 0.15) is 0 Å². The quantitative estimate of drug-likeness (QED) is 0.804. The van der Waals surface area contributed by atoms with Crippen molar-refractivity contribution in [1.29, 1.82) is 0 Å². The van der Waals surface area contributed by atoms with E-state index in [1.165, 1.54) is 36.6 Å². The van der Waals surface area contributed by atoms with Crippen molar-refractivity contribution in [2.24, 2.45) is 0 Å². The molecule has 1 amide bonds. The van der Waals surface area contributed by atoms with E-state index in [9.17, 15) is 13.2 Å². The van der Waals surface area contributed by atoms with Crippen molar-refractivity contribution in [3.8, 4) is 0 Å². The Bertz CT molecular complexity index is 967. The summed E-state index contributed by atoms with van der Waals surface area (Å²) in [5, 5.41) is 3.02. The first-order valence-electron chi connectivity index (χ1n) is 9.10. The highest BCUT2D eigenvalue weighted by Crippen LogP contribution is 2.23. The molecule has 0 saturated carbocycles. The van der Waals surface area contributed by atoms with Crippen LogP contribution in [0.15, 0.2) is 36.4 Å². The predicted octanol–water partition coefficient (Wildman–Crippen LogP) is 3.35. The molecule has 0 aliphatic heterocycles. The van der Waals surface area contributed by atoms with Crippen molar-refractivity contribution >= 4 is 21.8 Å². The molecule has 0 aliphatic carbocycles. The van der Waals surface area contributed by atoms with Crippen LogP contribution in [0.4, 0.5) is 5.69 Å². The van der Waals surface area contributed by atoms with Gasteiger partial charge in [-0.05, 0) is 74.2 Å². The molecule has 1 atom stereocenters. The van der Waals surface area contributed by atoms with Crippen LogP contribution >= 0.6 is 0 Å². The summed E-state index contributed by atoms with van der Waals surface area (Å²) >= 11 is 0. The molecule has 0 radical (unpaired) electrons. The number of anilines is 1. The second-order valence-electron chi connectivity index (χ2n) is 7.29. The highest BCUT2D eigenvalue weighted by molar-refractivity contribution is 7.90. The van der Waals surface area contributed by atoms with Gasteiger partial charge < -0.3 is 5.32 Å². The molecule has 152 valence electrons. The van der Waals surface area contributed by atoms with Crippen LogP contribution in [0, 0.1) is 20.8 Å². The molecule has 28 heavy (non-hydrogen) atoms. The number of amides is 1. The fraction of sp³-hybridized carbons (Fsp3) is 0.381. The topological polar surface area (TPSA) is 69.7 Å². The molecule has 0 heterocycles. The molecule has 0 unspecified atom stereocenters. The van der Waals surface area contributed by atoms with E-state index in [1.807, 2.05) is 13.8 Å². The van der Waals surface area contributed by atoms with Crippen LogP contribution in [-0.4, -0.2) is 39.8 Å². The maximum absolute atomic E-state index is 12.6. The van der Waals surface area contributed by atoms with Crippen molar-refractivity contribution < 1.29 is 13.2 Å². The first-order valence-corrected chi connectivity index (χ1v) is 10.5. The Hall–Kier alpha value is -2.38. The number of hydrogen-bond donors (Lipinski definition) is 1. The molecule has 0 spiro atoms. The Morgan fingerprint density at radius 2 is 1.46 bits per heavy atom. The Morgan fingerprint density at radius 1 is 0.929 bits per heavy atom. The fourth-order valence-electron chi connectivity index (χ4n) is 3.01. The maximum Gasteiger partial charge on any atom is 0.303 e. The fourth-order valence-corrected chi connectivity index (χ4v) is 3.89. The normalized spacial score (nSPS) is 12.7. The van der Waals surface area contributed by atoms with Gasteiger partial charge in [-0.2, -0.15) is 12.7 Å². The van der Waals surface area contributed by atoms with E-state index in [4.69, 9.17) is 0 Å². The van der Waals surface area contributed by atoms with Gasteiger partial charge in [0.25, 0.3) is 5.91 Å². The van der Waals surface area contributed by atoms with E-state index in [2.05, 4.69) is 31.3 Å². The van der Waals surface area contributed by atoms with Gasteiger partial charge in [-0.15, -0.1) is 0 Å². The van der Waals surface area contributed by atoms with Gasteiger partial charge in [0.15, 0.2) is 0 Å². The highest BCUT2D eigenvalue weighted by atomic mass is 32.2. The number of carbonyl (C=O) groups excluding carboxylic acids is 1. The molecular formula is C21H29N3O3S. The molecule has 0 fully saturated rings. The molecule has 2 rings (SSSR count). The van der Waals surface area contributed by atoms with E-state index in [1.54, 1.807) is 24.3 Å². The second-order valence-corrected chi connectivity index (χ2v) is 9.47. The third kappa shape index (κ3) is 4.54. The van der Waals surface area contributed by atoms with Gasteiger partial charge in [0, 0.05) is 26.7 Å². The van der Waals surface area contributed by atoms with Gasteiger partial charge in [-0.25, -0.2) is 0 Å². The number of nitrogens with one attached hydrogen (secondary N) is 1. The van der Waals surface area contributed by atoms with Crippen molar-refractivity contribution in [3.05, 3.63) is 64.2 Å². The lowest BCUT2D eigenvalue weighted by Crippen LogP contribution is -2.37. The highest BCUT2D eigenvalue weighted by Gasteiger charge is 2.21. The average molecular weight is 404 g/mol.